The van der Waals surface area contributed by atoms with Crippen molar-refractivity contribution < 1.29 is 32.8 Å². The van der Waals surface area contributed by atoms with E-state index in [0.29, 0.717) is 18.2 Å². The molecule has 9 heteroatoms. The molecule has 0 aromatic heterocycles. The highest BCUT2D eigenvalue weighted by molar-refractivity contribution is 6.40. The molecule has 4 N–H and O–H groups in total. The van der Waals surface area contributed by atoms with Gasteiger partial charge in [-0.25, -0.2) is 13.2 Å². The summed E-state index contributed by atoms with van der Waals surface area (Å²) in [6.45, 7) is 0. The van der Waals surface area contributed by atoms with Crippen LogP contribution in [-0.2, 0) is 16.0 Å². The zero-order chi connectivity index (χ0) is 24.4. The molecule has 1 aliphatic rings. The normalized spacial score (nSPS) is 17.9. The largest absolute Gasteiger partial charge is 0.451 e. The fourth-order valence-corrected chi connectivity index (χ4v) is 4.33. The number of benzene rings is 2. The molecule has 0 spiro atoms. The van der Waals surface area contributed by atoms with Gasteiger partial charge in [-0.15, -0.1) is 0 Å². The minimum absolute atomic E-state index is 0.0600. The lowest BCUT2D eigenvalue weighted by Gasteiger charge is -2.39. The maximum absolute atomic E-state index is 14.5. The van der Waals surface area contributed by atoms with Gasteiger partial charge in [0.2, 0.25) is 0 Å². The van der Waals surface area contributed by atoms with Crippen LogP contribution in [0.2, 0.25) is 6.32 Å². The van der Waals surface area contributed by atoms with Crippen molar-refractivity contribution in [2.45, 2.75) is 57.3 Å². The quantitative estimate of drug-likeness (QED) is 0.364. The molecule has 1 saturated carbocycles. The molecule has 3 rings (SSSR count). The van der Waals surface area contributed by atoms with Crippen LogP contribution in [-0.4, -0.2) is 29.4 Å². The smallest absolute Gasteiger partial charge is 0.427 e. The van der Waals surface area contributed by atoms with Gasteiger partial charge >= 0.3 is 13.3 Å². The highest BCUT2D eigenvalue weighted by Gasteiger charge is 2.32. The number of carbonyl (C=O) groups excluding carboxylic acids is 2. The lowest BCUT2D eigenvalue weighted by molar-refractivity contribution is -0.191. The third kappa shape index (κ3) is 8.44. The molecule has 1 unspecified atom stereocenters. The molecule has 1 atom stereocenters. The lowest BCUT2D eigenvalue weighted by atomic mass is 9.68. The van der Waals surface area contributed by atoms with E-state index >= 15 is 0 Å². The zero-order valence-electron chi connectivity index (χ0n) is 18.4. The summed E-state index contributed by atoms with van der Waals surface area (Å²) in [4.78, 5) is 16.2. The molecule has 5 nitrogen and oxygen atoms in total. The van der Waals surface area contributed by atoms with E-state index in [0.717, 1.165) is 62.6 Å². The lowest BCUT2D eigenvalue weighted by Crippen LogP contribution is -2.39. The average molecular weight is 463 g/mol. The molecule has 33 heavy (non-hydrogen) atoms. The van der Waals surface area contributed by atoms with E-state index in [-0.39, 0.29) is 23.3 Å². The van der Waals surface area contributed by atoms with Gasteiger partial charge in [0.1, 0.15) is 17.5 Å². The van der Waals surface area contributed by atoms with Gasteiger partial charge in [-0.3, -0.25) is 0 Å². The van der Waals surface area contributed by atoms with E-state index in [1.165, 1.54) is 12.1 Å². The molecule has 178 valence electrons. The third-order valence-corrected chi connectivity index (χ3v) is 6.22. The Hall–Kier alpha value is -2.45. The number of halogens is 3. The minimum atomic E-state index is -1.23. The first-order valence-electron chi connectivity index (χ1n) is 11.1. The van der Waals surface area contributed by atoms with Gasteiger partial charge < -0.3 is 15.8 Å². The van der Waals surface area contributed by atoms with Gasteiger partial charge in [-0.1, -0.05) is 25.0 Å². The van der Waals surface area contributed by atoms with Crippen LogP contribution >= 0.6 is 0 Å². The Morgan fingerprint density at radius 1 is 1.00 bits per heavy atom. The summed E-state index contributed by atoms with van der Waals surface area (Å²) < 4.78 is 41.5. The summed E-state index contributed by atoms with van der Waals surface area (Å²) in [5.41, 5.74) is 7.32. The molecule has 0 amide bonds. The molecule has 0 aliphatic heterocycles. The van der Waals surface area contributed by atoms with Crippen LogP contribution in [0, 0.1) is 29.3 Å². The van der Waals surface area contributed by atoms with Crippen LogP contribution in [0.5, 0.6) is 0 Å². The Kier molecular flexibility index (Phi) is 10.8. The fraction of sp³-hybridized carbons (Fsp3) is 0.458. The fourth-order valence-electron chi connectivity index (χ4n) is 4.33. The van der Waals surface area contributed by atoms with Gasteiger partial charge in [-0.2, -0.15) is 9.59 Å². The van der Waals surface area contributed by atoms with Crippen molar-refractivity contribution in [3.63, 3.8) is 0 Å². The van der Waals surface area contributed by atoms with E-state index in [4.69, 9.17) is 25.4 Å². The third-order valence-electron chi connectivity index (χ3n) is 6.22. The number of rotatable bonds is 10. The van der Waals surface area contributed by atoms with E-state index in [9.17, 15) is 13.2 Å². The number of aryl methyl sites for hydroxylation is 1. The summed E-state index contributed by atoms with van der Waals surface area (Å²) in [5.74, 6) is -0.867. The number of hydrogen-bond acceptors (Lipinski definition) is 5. The maximum atomic E-state index is 14.5. The van der Waals surface area contributed by atoms with Crippen LogP contribution < -0.4 is 5.73 Å². The monoisotopic (exact) mass is 463 g/mol. The van der Waals surface area contributed by atoms with Gasteiger partial charge in [0.15, 0.2) is 0 Å². The maximum Gasteiger partial charge on any atom is 0.451 e. The SMILES string of the molecule is NC(CCCCB(O)O)C1CC(CCc2ccc(-c3ccc(F)cc3F)c(F)c2)C1.O=C=O. The summed E-state index contributed by atoms with van der Waals surface area (Å²) >= 11 is 0. The molecule has 0 heterocycles. The van der Waals surface area contributed by atoms with Gasteiger partial charge in [0, 0.05) is 23.2 Å². The average Bonchev–Trinajstić information content (AvgIpc) is 2.71. The Labute approximate surface area is 192 Å². The Bertz CT molecular complexity index is 932. The van der Waals surface area contributed by atoms with Gasteiger partial charge in [0.25, 0.3) is 0 Å². The molecule has 0 saturated heterocycles. The zero-order valence-corrected chi connectivity index (χ0v) is 18.4. The van der Waals surface area contributed by atoms with Crippen LogP contribution in [0.25, 0.3) is 11.1 Å². The van der Waals surface area contributed by atoms with E-state index in [1.54, 1.807) is 12.1 Å². The predicted molar refractivity (Wildman–Crippen MR) is 118 cm³/mol. The molecule has 2 aromatic rings. The van der Waals surface area contributed by atoms with E-state index < -0.39 is 24.6 Å². The molecular weight excluding hydrogens is 434 g/mol. The first-order valence-corrected chi connectivity index (χ1v) is 11.1. The Morgan fingerprint density at radius 3 is 2.18 bits per heavy atom. The number of hydrogen-bond donors (Lipinski definition) is 3. The Balaban J connectivity index is 0.00000122. The topological polar surface area (TPSA) is 101 Å². The second-order valence-electron chi connectivity index (χ2n) is 8.59. The minimum Gasteiger partial charge on any atom is -0.427 e. The van der Waals surface area contributed by atoms with Crippen LogP contribution in [0.15, 0.2) is 36.4 Å². The number of nitrogens with two attached hydrogens (primary N) is 1. The molecule has 0 radical (unpaired) electrons. The first-order chi connectivity index (χ1) is 15.7. The van der Waals surface area contributed by atoms with Crippen LogP contribution in [0.4, 0.5) is 13.2 Å². The second kappa shape index (κ2) is 13.3. The van der Waals surface area contributed by atoms with E-state index in [1.807, 2.05) is 0 Å². The van der Waals surface area contributed by atoms with Crippen molar-refractivity contribution in [2.75, 3.05) is 0 Å². The standard InChI is InChI=1S/C23H29BF3NO2.CO2/c25-18-7-9-20(22(27)14-18)19-8-6-15(13-21(19)26)4-5-16-11-17(12-16)23(28)3-1-2-10-24(29)30;2-1-3/h6-9,13-14,16-17,23,29-30H,1-5,10-12,28H2;. The van der Waals surface area contributed by atoms with Gasteiger partial charge in [-0.05, 0) is 74.0 Å². The van der Waals surface area contributed by atoms with E-state index in [2.05, 4.69) is 0 Å². The summed E-state index contributed by atoms with van der Waals surface area (Å²) in [6.07, 6.45) is 7.08. The van der Waals surface area contributed by atoms with Crippen molar-refractivity contribution in [3.8, 4) is 11.1 Å². The van der Waals surface area contributed by atoms with Gasteiger partial charge in [0.05, 0.1) is 0 Å². The molecule has 1 aliphatic carbocycles. The highest BCUT2D eigenvalue weighted by Crippen LogP contribution is 2.39. The van der Waals surface area contributed by atoms with Crippen molar-refractivity contribution in [3.05, 3.63) is 59.4 Å². The molecule has 1 fully saturated rings. The van der Waals surface area contributed by atoms with Crippen molar-refractivity contribution >= 4 is 13.3 Å². The first kappa shape index (κ1) is 26.8. The summed E-state index contributed by atoms with van der Waals surface area (Å²) in [7, 11) is -1.23. The molecular formula is C24H29BF3NO4. The predicted octanol–water partition coefficient (Wildman–Crippen LogP) is 4.12. The Morgan fingerprint density at radius 2 is 1.61 bits per heavy atom. The molecule has 2 aromatic carbocycles. The van der Waals surface area contributed by atoms with Crippen molar-refractivity contribution in [2.24, 2.45) is 17.6 Å². The van der Waals surface area contributed by atoms with Crippen LogP contribution in [0.1, 0.15) is 44.1 Å². The van der Waals surface area contributed by atoms with Crippen LogP contribution in [0.3, 0.4) is 0 Å². The van der Waals surface area contributed by atoms with Crippen molar-refractivity contribution in [1.82, 2.24) is 0 Å². The number of unbranched alkanes of at least 4 members (excludes halogenated alkanes) is 1. The summed E-state index contributed by atoms with van der Waals surface area (Å²) in [6, 6.07) is 8.10. The molecule has 0 bridgehead atoms. The second-order valence-corrected chi connectivity index (χ2v) is 8.59. The highest BCUT2D eigenvalue weighted by atomic mass is 19.1. The summed E-state index contributed by atoms with van der Waals surface area (Å²) in [5, 5.41) is 17.7. The van der Waals surface area contributed by atoms with Crippen molar-refractivity contribution in [1.29, 1.82) is 0 Å².